The van der Waals surface area contributed by atoms with Gasteiger partial charge in [0.1, 0.15) is 18.1 Å². The van der Waals surface area contributed by atoms with Gasteiger partial charge in [-0.2, -0.15) is 0 Å². The second kappa shape index (κ2) is 11.2. The zero-order valence-electron chi connectivity index (χ0n) is 16.9. The largest absolute Gasteiger partial charge is 0.370 e. The van der Waals surface area contributed by atoms with E-state index in [-0.39, 0.29) is 18.3 Å². The van der Waals surface area contributed by atoms with Crippen molar-refractivity contribution in [2.24, 2.45) is 27.9 Å². The van der Waals surface area contributed by atoms with E-state index < -0.39 is 41.9 Å². The average molecular weight is 412 g/mol. The van der Waals surface area contributed by atoms with Gasteiger partial charge in [0.15, 0.2) is 5.96 Å². The average Bonchev–Trinajstić information content (AvgIpc) is 3.12. The number of carbonyl (C=O) groups is 4. The topological polar surface area (TPSA) is 212 Å². The van der Waals surface area contributed by atoms with Crippen molar-refractivity contribution >= 4 is 29.6 Å². The van der Waals surface area contributed by atoms with Crippen LogP contribution in [0.4, 0.5) is 0 Å². The lowest BCUT2D eigenvalue weighted by molar-refractivity contribution is -0.140. The van der Waals surface area contributed by atoms with E-state index in [1.54, 1.807) is 6.92 Å². The lowest BCUT2D eigenvalue weighted by atomic mass is 10.1. The number of carbonyl (C=O) groups excluding carboxylic acids is 4. The van der Waals surface area contributed by atoms with E-state index in [2.05, 4.69) is 15.6 Å². The van der Waals surface area contributed by atoms with Crippen LogP contribution < -0.4 is 33.6 Å². The van der Waals surface area contributed by atoms with Crippen molar-refractivity contribution in [3.05, 3.63) is 0 Å². The molecule has 4 atom stereocenters. The number of guanidine groups is 1. The van der Waals surface area contributed by atoms with Gasteiger partial charge in [0.05, 0.1) is 6.04 Å². The molecular formula is C17H32N8O4. The molecule has 0 aromatic rings. The number of nitrogens with one attached hydrogen (secondary N) is 2. The molecule has 1 fully saturated rings. The number of nitrogens with zero attached hydrogens (tertiary/aromatic N) is 2. The molecule has 1 saturated heterocycles. The lowest BCUT2D eigenvalue weighted by Crippen LogP contribution is -2.56. The number of amides is 4. The number of rotatable bonds is 10. The fourth-order valence-corrected chi connectivity index (χ4v) is 3.03. The third kappa shape index (κ3) is 7.56. The maximum atomic E-state index is 12.5. The minimum Gasteiger partial charge on any atom is -0.370 e. The number of likely N-dealkylation sites (tertiary alicyclic amines) is 1. The standard InChI is InChI=1S/C17H32N8O4/c1-9(18)16(29)25-8-4-6-12(25)15(28)23-10(2)14(27)24-11(13(19)26)5-3-7-22-17(20)21/h9-12H,3-8,18H2,1-2H3,(H2,19,26)(H,23,28)(H,24,27)(H4,20,21,22)/t9-,10-,11-,12-/m0/s1. The zero-order valence-corrected chi connectivity index (χ0v) is 16.9. The fraction of sp³-hybridized carbons (Fsp3) is 0.706. The van der Waals surface area contributed by atoms with Gasteiger partial charge in [-0.3, -0.25) is 24.2 Å². The van der Waals surface area contributed by atoms with Gasteiger partial charge in [-0.15, -0.1) is 0 Å². The molecule has 0 aromatic heterocycles. The predicted octanol–water partition coefficient (Wildman–Crippen LogP) is -3.15. The first-order valence-corrected chi connectivity index (χ1v) is 9.56. The van der Waals surface area contributed by atoms with Gasteiger partial charge < -0.3 is 38.5 Å². The molecule has 0 spiro atoms. The van der Waals surface area contributed by atoms with E-state index in [0.717, 1.165) is 0 Å². The summed E-state index contributed by atoms with van der Waals surface area (Å²) in [6.45, 7) is 3.78. The van der Waals surface area contributed by atoms with Crippen LogP contribution >= 0.6 is 0 Å². The van der Waals surface area contributed by atoms with Gasteiger partial charge in [0.25, 0.3) is 0 Å². The van der Waals surface area contributed by atoms with Crippen LogP contribution in [0.5, 0.6) is 0 Å². The summed E-state index contributed by atoms with van der Waals surface area (Å²) in [7, 11) is 0. The van der Waals surface area contributed by atoms with Gasteiger partial charge >= 0.3 is 0 Å². The number of hydrogen-bond acceptors (Lipinski definition) is 6. The fourth-order valence-electron chi connectivity index (χ4n) is 3.03. The van der Waals surface area contributed by atoms with Crippen molar-refractivity contribution in [3.8, 4) is 0 Å². The Hall–Kier alpha value is -2.89. The highest BCUT2D eigenvalue weighted by molar-refractivity contribution is 5.94. The monoisotopic (exact) mass is 412 g/mol. The molecule has 0 aromatic carbocycles. The maximum Gasteiger partial charge on any atom is 0.243 e. The van der Waals surface area contributed by atoms with E-state index in [1.807, 2.05) is 0 Å². The minimum absolute atomic E-state index is 0.0653. The molecule has 1 rings (SSSR count). The van der Waals surface area contributed by atoms with Crippen LogP contribution in [0.1, 0.15) is 39.5 Å². The summed E-state index contributed by atoms with van der Waals surface area (Å²) in [5.41, 5.74) is 21.4. The molecule has 1 aliphatic heterocycles. The van der Waals surface area contributed by atoms with E-state index in [4.69, 9.17) is 22.9 Å². The third-order valence-corrected chi connectivity index (χ3v) is 4.59. The van der Waals surface area contributed by atoms with Crippen LogP contribution in [-0.2, 0) is 19.2 Å². The maximum absolute atomic E-state index is 12.5. The first-order valence-electron chi connectivity index (χ1n) is 9.56. The van der Waals surface area contributed by atoms with Crippen molar-refractivity contribution in [2.45, 2.75) is 63.7 Å². The summed E-state index contributed by atoms with van der Waals surface area (Å²) in [4.78, 5) is 53.8. The third-order valence-electron chi connectivity index (χ3n) is 4.59. The molecule has 0 bridgehead atoms. The summed E-state index contributed by atoms with van der Waals surface area (Å²) in [6, 6.07) is -3.22. The van der Waals surface area contributed by atoms with Crippen molar-refractivity contribution in [1.29, 1.82) is 0 Å². The number of nitrogens with two attached hydrogens (primary N) is 4. The van der Waals surface area contributed by atoms with Crippen LogP contribution in [-0.4, -0.2) is 71.7 Å². The molecule has 0 radical (unpaired) electrons. The molecule has 12 heteroatoms. The summed E-state index contributed by atoms with van der Waals surface area (Å²) >= 11 is 0. The molecule has 0 unspecified atom stereocenters. The van der Waals surface area contributed by atoms with Gasteiger partial charge in [-0.05, 0) is 39.5 Å². The highest BCUT2D eigenvalue weighted by atomic mass is 16.2. The zero-order chi connectivity index (χ0) is 22.1. The van der Waals surface area contributed by atoms with Gasteiger partial charge in [0, 0.05) is 13.1 Å². The predicted molar refractivity (Wildman–Crippen MR) is 107 cm³/mol. The first-order chi connectivity index (χ1) is 13.5. The van der Waals surface area contributed by atoms with Gasteiger partial charge in [-0.1, -0.05) is 0 Å². The Kier molecular flexibility index (Phi) is 9.32. The number of primary amides is 1. The minimum atomic E-state index is -0.921. The van der Waals surface area contributed by atoms with Crippen LogP contribution in [0.3, 0.4) is 0 Å². The Labute approximate surface area is 169 Å². The van der Waals surface area contributed by atoms with Crippen LogP contribution in [0.2, 0.25) is 0 Å². The molecule has 0 saturated carbocycles. The van der Waals surface area contributed by atoms with Crippen LogP contribution in [0.15, 0.2) is 4.99 Å². The first kappa shape index (κ1) is 24.1. The van der Waals surface area contributed by atoms with Crippen LogP contribution in [0.25, 0.3) is 0 Å². The van der Waals surface area contributed by atoms with E-state index >= 15 is 0 Å². The summed E-state index contributed by atoms with van der Waals surface area (Å²) < 4.78 is 0. The smallest absolute Gasteiger partial charge is 0.243 e. The Balaban J connectivity index is 2.60. The van der Waals surface area contributed by atoms with E-state index in [0.29, 0.717) is 32.4 Å². The lowest BCUT2D eigenvalue weighted by Gasteiger charge is -2.27. The van der Waals surface area contributed by atoms with Gasteiger partial charge in [0.2, 0.25) is 23.6 Å². The molecule has 0 aliphatic carbocycles. The summed E-state index contributed by atoms with van der Waals surface area (Å²) in [5, 5.41) is 5.09. The van der Waals surface area contributed by atoms with Crippen molar-refractivity contribution < 1.29 is 19.2 Å². The Morgan fingerprint density at radius 3 is 2.34 bits per heavy atom. The molecule has 164 valence electrons. The molecule has 1 heterocycles. The van der Waals surface area contributed by atoms with E-state index in [1.165, 1.54) is 11.8 Å². The molecule has 29 heavy (non-hydrogen) atoms. The SMILES string of the molecule is C[C@H](N)C(=O)N1CCC[C@H]1C(=O)N[C@@H](C)C(=O)N[C@@H](CCCN=C(N)N)C(N)=O. The second-order valence-corrected chi connectivity index (χ2v) is 7.12. The van der Waals surface area contributed by atoms with Gasteiger partial charge in [-0.25, -0.2) is 0 Å². The highest BCUT2D eigenvalue weighted by Gasteiger charge is 2.36. The molecule has 1 aliphatic rings. The molecular weight excluding hydrogens is 380 g/mol. The Morgan fingerprint density at radius 1 is 1.14 bits per heavy atom. The molecule has 4 amide bonds. The highest BCUT2D eigenvalue weighted by Crippen LogP contribution is 2.18. The summed E-state index contributed by atoms with van der Waals surface area (Å²) in [6.07, 6.45) is 1.85. The number of aliphatic imine (C=N–C) groups is 1. The van der Waals surface area contributed by atoms with E-state index in [9.17, 15) is 19.2 Å². The van der Waals surface area contributed by atoms with Crippen molar-refractivity contribution in [2.75, 3.05) is 13.1 Å². The second-order valence-electron chi connectivity index (χ2n) is 7.12. The normalized spacial score (nSPS) is 19.0. The van der Waals surface area contributed by atoms with Crippen molar-refractivity contribution in [1.82, 2.24) is 15.5 Å². The molecule has 10 N–H and O–H groups in total. The van der Waals surface area contributed by atoms with Crippen molar-refractivity contribution in [3.63, 3.8) is 0 Å². The Bertz CT molecular complexity index is 647. The summed E-state index contributed by atoms with van der Waals surface area (Å²) in [5.74, 6) is -2.08. The number of hydrogen-bond donors (Lipinski definition) is 6. The quantitative estimate of drug-likeness (QED) is 0.123. The Morgan fingerprint density at radius 2 is 1.79 bits per heavy atom. The molecule has 12 nitrogen and oxygen atoms in total. The van der Waals surface area contributed by atoms with Crippen LogP contribution in [0, 0.1) is 0 Å².